The van der Waals surface area contributed by atoms with E-state index in [0.717, 1.165) is 36.3 Å². The van der Waals surface area contributed by atoms with E-state index in [1.165, 1.54) is 50.1 Å². The van der Waals surface area contributed by atoms with Gasteiger partial charge in [-0.1, -0.05) is 32.1 Å². The molecule has 25 heavy (non-hydrogen) atoms. The second kappa shape index (κ2) is 7.47. The van der Waals surface area contributed by atoms with Gasteiger partial charge in [0.05, 0.1) is 0 Å². The van der Waals surface area contributed by atoms with Crippen LogP contribution in [0.15, 0.2) is 9.59 Å². The summed E-state index contributed by atoms with van der Waals surface area (Å²) >= 11 is 0. The van der Waals surface area contributed by atoms with Crippen molar-refractivity contribution in [1.82, 2.24) is 9.13 Å². The van der Waals surface area contributed by atoms with E-state index < -0.39 is 5.56 Å². The molecule has 6 heteroatoms. The van der Waals surface area contributed by atoms with E-state index in [4.69, 9.17) is 0 Å². The normalized spacial score (nSPS) is 21.5. The standard InChI is InChI=1S/C19H28N4O2/c1-21-17(16(13-20)18(24)22(2)19(21)25)23-12-6-9-15(23)11-10-14-7-4-3-5-8-14/h14-15H,3-12H2,1-2H3. The van der Waals surface area contributed by atoms with E-state index in [1.54, 1.807) is 7.05 Å². The number of hydrogen-bond acceptors (Lipinski definition) is 4. The van der Waals surface area contributed by atoms with Crippen molar-refractivity contribution in [2.24, 2.45) is 20.0 Å². The highest BCUT2D eigenvalue weighted by molar-refractivity contribution is 5.54. The third-order valence-corrected chi connectivity index (χ3v) is 6.03. The third-order valence-electron chi connectivity index (χ3n) is 6.03. The number of nitriles is 1. The Hall–Kier alpha value is -2.03. The molecule has 0 bridgehead atoms. The quantitative estimate of drug-likeness (QED) is 0.840. The third kappa shape index (κ3) is 3.37. The van der Waals surface area contributed by atoms with E-state index in [9.17, 15) is 14.9 Å². The maximum atomic E-state index is 12.4. The molecule has 1 atom stereocenters. The summed E-state index contributed by atoms with van der Waals surface area (Å²) in [4.78, 5) is 26.8. The fraction of sp³-hybridized carbons (Fsp3) is 0.737. The van der Waals surface area contributed by atoms with Crippen LogP contribution >= 0.6 is 0 Å². The van der Waals surface area contributed by atoms with Gasteiger partial charge in [-0.05, 0) is 31.6 Å². The molecule has 2 heterocycles. The van der Waals surface area contributed by atoms with Crippen LogP contribution in [0.25, 0.3) is 0 Å². The SMILES string of the molecule is Cn1c(N2CCCC2CCC2CCCCC2)c(C#N)c(=O)n(C)c1=O. The van der Waals surface area contributed by atoms with Gasteiger partial charge in [-0.2, -0.15) is 5.26 Å². The summed E-state index contributed by atoms with van der Waals surface area (Å²) in [5.41, 5.74) is -0.760. The highest BCUT2D eigenvalue weighted by Gasteiger charge is 2.30. The van der Waals surface area contributed by atoms with Gasteiger partial charge in [-0.15, -0.1) is 0 Å². The zero-order valence-corrected chi connectivity index (χ0v) is 15.3. The van der Waals surface area contributed by atoms with Crippen molar-refractivity contribution >= 4 is 5.82 Å². The Morgan fingerprint density at radius 3 is 2.40 bits per heavy atom. The molecule has 1 unspecified atom stereocenters. The molecule has 2 fully saturated rings. The van der Waals surface area contributed by atoms with Crippen LogP contribution in [0.5, 0.6) is 0 Å². The fourth-order valence-electron chi connectivity index (χ4n) is 4.59. The largest absolute Gasteiger partial charge is 0.354 e. The molecule has 1 aromatic heterocycles. The highest BCUT2D eigenvalue weighted by atomic mass is 16.2. The van der Waals surface area contributed by atoms with E-state index >= 15 is 0 Å². The topological polar surface area (TPSA) is 71.0 Å². The highest BCUT2D eigenvalue weighted by Crippen LogP contribution is 2.33. The average molecular weight is 344 g/mol. The Morgan fingerprint density at radius 1 is 1.00 bits per heavy atom. The summed E-state index contributed by atoms with van der Waals surface area (Å²) in [6.45, 7) is 0.810. The zero-order chi connectivity index (χ0) is 18.0. The van der Waals surface area contributed by atoms with Crippen molar-refractivity contribution in [1.29, 1.82) is 5.26 Å². The van der Waals surface area contributed by atoms with Crippen molar-refractivity contribution in [2.75, 3.05) is 11.4 Å². The van der Waals surface area contributed by atoms with Crippen LogP contribution in [-0.4, -0.2) is 21.7 Å². The molecule has 1 saturated heterocycles. The molecule has 1 aliphatic heterocycles. The summed E-state index contributed by atoms with van der Waals surface area (Å²) in [5, 5.41) is 9.51. The molecule has 1 aromatic rings. The molecule has 3 rings (SSSR count). The Kier molecular flexibility index (Phi) is 5.31. The van der Waals surface area contributed by atoms with Crippen LogP contribution in [0.1, 0.15) is 63.4 Å². The van der Waals surface area contributed by atoms with Crippen molar-refractivity contribution < 1.29 is 0 Å². The summed E-state index contributed by atoms with van der Waals surface area (Å²) in [6.07, 6.45) is 11.1. The lowest BCUT2D eigenvalue weighted by Gasteiger charge is -2.30. The molecule has 0 N–H and O–H groups in total. The Labute approximate surface area is 148 Å². The predicted molar refractivity (Wildman–Crippen MR) is 97.8 cm³/mol. The van der Waals surface area contributed by atoms with E-state index in [0.29, 0.717) is 11.9 Å². The minimum atomic E-state index is -0.487. The van der Waals surface area contributed by atoms with Crippen LogP contribution in [0.4, 0.5) is 5.82 Å². The Bertz CT molecular complexity index is 780. The first kappa shape index (κ1) is 17.8. The van der Waals surface area contributed by atoms with E-state index in [1.807, 2.05) is 6.07 Å². The zero-order valence-electron chi connectivity index (χ0n) is 15.3. The van der Waals surface area contributed by atoms with Crippen molar-refractivity contribution in [3.63, 3.8) is 0 Å². The second-order valence-corrected chi connectivity index (χ2v) is 7.59. The van der Waals surface area contributed by atoms with Gasteiger partial charge in [0.15, 0.2) is 5.56 Å². The Morgan fingerprint density at radius 2 is 1.72 bits per heavy atom. The summed E-state index contributed by atoms with van der Waals surface area (Å²) in [5.74, 6) is 1.33. The fourth-order valence-corrected chi connectivity index (χ4v) is 4.59. The molecule has 0 aromatic carbocycles. The minimum absolute atomic E-state index is 0.0918. The molecule has 0 radical (unpaired) electrons. The van der Waals surface area contributed by atoms with Crippen molar-refractivity contribution in [3.8, 4) is 6.07 Å². The molecular formula is C19H28N4O2. The first-order valence-corrected chi connectivity index (χ1v) is 9.51. The van der Waals surface area contributed by atoms with Crippen LogP contribution in [0.2, 0.25) is 0 Å². The predicted octanol–water partition coefficient (Wildman–Crippen LogP) is 2.28. The average Bonchev–Trinajstić information content (AvgIpc) is 3.10. The lowest BCUT2D eigenvalue weighted by molar-refractivity contribution is 0.322. The minimum Gasteiger partial charge on any atom is -0.354 e. The van der Waals surface area contributed by atoms with Gasteiger partial charge >= 0.3 is 5.69 Å². The molecule has 0 spiro atoms. The van der Waals surface area contributed by atoms with E-state index in [2.05, 4.69) is 4.90 Å². The summed E-state index contributed by atoms with van der Waals surface area (Å²) in [7, 11) is 3.09. The molecule has 1 saturated carbocycles. The van der Waals surface area contributed by atoms with Gasteiger partial charge in [-0.25, -0.2) is 4.79 Å². The number of aromatic nitrogens is 2. The lowest BCUT2D eigenvalue weighted by Crippen LogP contribution is -2.44. The van der Waals surface area contributed by atoms with Crippen molar-refractivity contribution in [3.05, 3.63) is 26.4 Å². The van der Waals surface area contributed by atoms with Crippen molar-refractivity contribution in [2.45, 2.75) is 63.8 Å². The van der Waals surface area contributed by atoms with Crippen LogP contribution in [0, 0.1) is 17.2 Å². The van der Waals surface area contributed by atoms with Gasteiger partial charge in [0.1, 0.15) is 11.9 Å². The molecule has 0 amide bonds. The number of nitrogens with zero attached hydrogens (tertiary/aromatic N) is 4. The van der Waals surface area contributed by atoms with Gasteiger partial charge in [0.25, 0.3) is 5.56 Å². The molecule has 6 nitrogen and oxygen atoms in total. The van der Waals surface area contributed by atoms with Gasteiger partial charge in [0, 0.05) is 26.7 Å². The van der Waals surface area contributed by atoms with Crippen LogP contribution in [0.3, 0.4) is 0 Å². The summed E-state index contributed by atoms with van der Waals surface area (Å²) < 4.78 is 2.49. The van der Waals surface area contributed by atoms with Gasteiger partial charge in [-0.3, -0.25) is 13.9 Å². The second-order valence-electron chi connectivity index (χ2n) is 7.59. The maximum absolute atomic E-state index is 12.4. The molecule has 2 aliphatic rings. The first-order chi connectivity index (χ1) is 12.0. The molecular weight excluding hydrogens is 316 g/mol. The van der Waals surface area contributed by atoms with Gasteiger partial charge in [0.2, 0.25) is 0 Å². The molecule has 136 valence electrons. The van der Waals surface area contributed by atoms with Crippen LogP contribution < -0.4 is 16.1 Å². The maximum Gasteiger partial charge on any atom is 0.332 e. The smallest absolute Gasteiger partial charge is 0.332 e. The molecule has 1 aliphatic carbocycles. The monoisotopic (exact) mass is 344 g/mol. The first-order valence-electron chi connectivity index (χ1n) is 9.51. The number of hydrogen-bond donors (Lipinski definition) is 0. The number of anilines is 1. The van der Waals surface area contributed by atoms with Crippen LogP contribution in [-0.2, 0) is 14.1 Å². The van der Waals surface area contributed by atoms with E-state index in [-0.39, 0.29) is 11.3 Å². The number of rotatable bonds is 4. The summed E-state index contributed by atoms with van der Waals surface area (Å²) in [6, 6.07) is 2.37. The van der Waals surface area contributed by atoms with Gasteiger partial charge < -0.3 is 4.90 Å². The Balaban J connectivity index is 1.86. The lowest BCUT2D eigenvalue weighted by atomic mass is 9.85.